The molecule has 0 radical (unpaired) electrons. The van der Waals surface area contributed by atoms with Gasteiger partial charge in [0.25, 0.3) is 10.0 Å². The van der Waals surface area contributed by atoms with Crippen molar-refractivity contribution in [3.05, 3.63) is 42.5 Å². The Morgan fingerprint density at radius 2 is 1.72 bits per heavy atom. The number of nitrogens with zero attached hydrogens (tertiary/aromatic N) is 1. The highest BCUT2D eigenvalue weighted by Gasteiger charge is 2.36. The van der Waals surface area contributed by atoms with Crippen molar-refractivity contribution in [2.24, 2.45) is 5.41 Å². The molecule has 8 nitrogen and oxygen atoms in total. The van der Waals surface area contributed by atoms with E-state index in [2.05, 4.69) is 10.0 Å². The van der Waals surface area contributed by atoms with Crippen molar-refractivity contribution in [1.29, 1.82) is 0 Å². The number of hydrogen-bond donors (Lipinski definition) is 2. The van der Waals surface area contributed by atoms with Crippen LogP contribution in [0, 0.1) is 5.41 Å². The molecule has 0 unspecified atom stereocenters. The van der Waals surface area contributed by atoms with Crippen LogP contribution in [-0.4, -0.2) is 33.9 Å². The number of ether oxygens (including phenoxy) is 1. The van der Waals surface area contributed by atoms with Gasteiger partial charge in [0, 0.05) is 19.7 Å². The molecule has 1 aliphatic heterocycles. The van der Waals surface area contributed by atoms with Crippen LogP contribution in [0.25, 0.3) is 0 Å². The molecule has 0 saturated carbocycles. The molecule has 1 heterocycles. The van der Waals surface area contributed by atoms with Crippen LogP contribution in [0.5, 0.6) is 5.75 Å². The largest absolute Gasteiger partial charge is 0.490 e. The lowest BCUT2D eigenvalue weighted by Gasteiger charge is -2.24. The maximum atomic E-state index is 12.7. The van der Waals surface area contributed by atoms with Crippen LogP contribution in [0.15, 0.2) is 47.4 Å². The summed E-state index contributed by atoms with van der Waals surface area (Å²) in [5.41, 5.74) is 0.601. The second-order valence-electron chi connectivity index (χ2n) is 7.53. The molecular weight excluding hydrogens is 394 g/mol. The number of carbonyl (C=O) groups excluding carboxylic acids is 2. The quantitative estimate of drug-likeness (QED) is 0.796. The Labute approximate surface area is 169 Å². The smallest absolute Gasteiger partial charge is 0.261 e. The Morgan fingerprint density at radius 1 is 1.10 bits per heavy atom. The Morgan fingerprint density at radius 3 is 2.34 bits per heavy atom. The van der Waals surface area contributed by atoms with E-state index in [1.54, 1.807) is 39.1 Å². The van der Waals surface area contributed by atoms with Gasteiger partial charge in [-0.1, -0.05) is 0 Å². The number of hydrogen-bond acceptors (Lipinski definition) is 5. The van der Waals surface area contributed by atoms with Crippen molar-refractivity contribution in [2.75, 3.05) is 28.6 Å². The topological polar surface area (TPSA) is 105 Å². The number of nitrogens with one attached hydrogen (secondary N) is 2. The Bertz CT molecular complexity index is 1060. The van der Waals surface area contributed by atoms with Crippen molar-refractivity contribution in [3.8, 4) is 5.75 Å². The number of carbonyl (C=O) groups is 2. The molecule has 9 heteroatoms. The van der Waals surface area contributed by atoms with Crippen LogP contribution >= 0.6 is 0 Å². The molecule has 2 aromatic rings. The first kappa shape index (κ1) is 20.7. The highest BCUT2D eigenvalue weighted by atomic mass is 32.2. The standard InChI is InChI=1S/C20H23N3O5S/c1-13(24)21-14-5-8-16(9-6-14)29(26,27)22-15-7-10-18-17(11-15)23(4)19(25)20(2,3)12-28-18/h5-11,22H,12H2,1-4H3,(H,21,24). The van der Waals surface area contributed by atoms with Crippen LogP contribution in [0.2, 0.25) is 0 Å². The second kappa shape index (κ2) is 7.40. The second-order valence-corrected chi connectivity index (χ2v) is 9.21. The maximum Gasteiger partial charge on any atom is 0.261 e. The highest BCUT2D eigenvalue weighted by molar-refractivity contribution is 7.92. The van der Waals surface area contributed by atoms with Gasteiger partial charge in [-0.2, -0.15) is 0 Å². The van der Waals surface area contributed by atoms with Crippen molar-refractivity contribution < 1.29 is 22.7 Å². The first-order valence-electron chi connectivity index (χ1n) is 8.95. The molecule has 2 N–H and O–H groups in total. The van der Waals surface area contributed by atoms with Crippen LogP contribution in [0.1, 0.15) is 20.8 Å². The van der Waals surface area contributed by atoms with Crippen molar-refractivity contribution in [3.63, 3.8) is 0 Å². The van der Waals surface area contributed by atoms with Gasteiger partial charge in [-0.05, 0) is 56.3 Å². The normalized spacial score (nSPS) is 15.7. The lowest BCUT2D eigenvalue weighted by Crippen LogP contribution is -2.39. The lowest BCUT2D eigenvalue weighted by molar-refractivity contribution is -0.127. The Balaban J connectivity index is 1.86. The van der Waals surface area contributed by atoms with E-state index in [-0.39, 0.29) is 23.3 Å². The molecule has 0 aliphatic carbocycles. The van der Waals surface area contributed by atoms with E-state index in [1.165, 1.54) is 36.1 Å². The summed E-state index contributed by atoms with van der Waals surface area (Å²) in [4.78, 5) is 25.2. The van der Waals surface area contributed by atoms with Gasteiger partial charge < -0.3 is 15.0 Å². The number of fused-ring (bicyclic) bond motifs is 1. The van der Waals surface area contributed by atoms with Crippen molar-refractivity contribution in [1.82, 2.24) is 0 Å². The van der Waals surface area contributed by atoms with E-state index in [0.717, 1.165) is 0 Å². The molecule has 3 rings (SSSR count). The fraction of sp³-hybridized carbons (Fsp3) is 0.300. The third kappa shape index (κ3) is 4.34. The van der Waals surface area contributed by atoms with Crippen molar-refractivity contribution >= 4 is 38.9 Å². The summed E-state index contributed by atoms with van der Waals surface area (Å²) < 4.78 is 33.7. The van der Waals surface area contributed by atoms with E-state index >= 15 is 0 Å². The van der Waals surface area contributed by atoms with Gasteiger partial charge >= 0.3 is 0 Å². The van der Waals surface area contributed by atoms with E-state index in [0.29, 0.717) is 22.8 Å². The van der Waals surface area contributed by atoms with Gasteiger partial charge in [0.1, 0.15) is 12.4 Å². The van der Waals surface area contributed by atoms with Crippen LogP contribution < -0.4 is 19.7 Å². The zero-order valence-corrected chi connectivity index (χ0v) is 17.5. The summed E-state index contributed by atoms with van der Waals surface area (Å²) in [5.74, 6) is 0.145. The summed E-state index contributed by atoms with van der Waals surface area (Å²) >= 11 is 0. The minimum Gasteiger partial charge on any atom is -0.490 e. The molecule has 0 bridgehead atoms. The third-order valence-electron chi connectivity index (χ3n) is 4.53. The molecule has 29 heavy (non-hydrogen) atoms. The average Bonchev–Trinajstić information content (AvgIpc) is 2.72. The minimum absolute atomic E-state index is 0.0448. The number of sulfonamides is 1. The fourth-order valence-corrected chi connectivity index (χ4v) is 4.03. The van der Waals surface area contributed by atoms with Crippen LogP contribution in [0.4, 0.5) is 17.1 Å². The molecule has 0 fully saturated rings. The number of rotatable bonds is 4. The van der Waals surface area contributed by atoms with E-state index < -0.39 is 15.4 Å². The number of amides is 2. The lowest BCUT2D eigenvalue weighted by atomic mass is 9.93. The number of benzene rings is 2. The molecule has 0 spiro atoms. The first-order chi connectivity index (χ1) is 13.5. The molecule has 0 saturated heterocycles. The molecule has 2 aromatic carbocycles. The van der Waals surface area contributed by atoms with Crippen molar-refractivity contribution in [2.45, 2.75) is 25.7 Å². The third-order valence-corrected chi connectivity index (χ3v) is 5.93. The first-order valence-corrected chi connectivity index (χ1v) is 10.4. The van der Waals surface area contributed by atoms with E-state index in [9.17, 15) is 18.0 Å². The molecule has 1 aliphatic rings. The Kier molecular flexibility index (Phi) is 5.27. The Hall–Kier alpha value is -3.07. The van der Waals surface area contributed by atoms with E-state index in [4.69, 9.17) is 4.74 Å². The molecule has 2 amide bonds. The van der Waals surface area contributed by atoms with Gasteiger partial charge in [-0.15, -0.1) is 0 Å². The average molecular weight is 417 g/mol. The predicted molar refractivity (Wildman–Crippen MR) is 111 cm³/mol. The van der Waals surface area contributed by atoms with Crippen LogP contribution in [0.3, 0.4) is 0 Å². The monoisotopic (exact) mass is 417 g/mol. The van der Waals surface area contributed by atoms with Gasteiger partial charge in [0.2, 0.25) is 11.8 Å². The van der Waals surface area contributed by atoms with Gasteiger partial charge in [0.15, 0.2) is 0 Å². The SMILES string of the molecule is CC(=O)Nc1ccc(S(=O)(=O)Nc2ccc3c(c2)N(C)C(=O)C(C)(C)CO3)cc1. The minimum atomic E-state index is -3.86. The van der Waals surface area contributed by atoms with Gasteiger partial charge in [-0.25, -0.2) is 8.42 Å². The summed E-state index contributed by atoms with van der Waals surface area (Å²) in [5, 5.41) is 2.58. The summed E-state index contributed by atoms with van der Waals surface area (Å²) in [6.07, 6.45) is 0. The molecular formula is C20H23N3O5S. The summed E-state index contributed by atoms with van der Waals surface area (Å²) in [6, 6.07) is 10.6. The summed E-state index contributed by atoms with van der Waals surface area (Å²) in [6.45, 7) is 5.20. The molecule has 0 aromatic heterocycles. The van der Waals surface area contributed by atoms with Gasteiger partial charge in [-0.3, -0.25) is 14.3 Å². The summed E-state index contributed by atoms with van der Waals surface area (Å²) in [7, 11) is -2.22. The van der Waals surface area contributed by atoms with Gasteiger partial charge in [0.05, 0.1) is 21.7 Å². The fourth-order valence-electron chi connectivity index (χ4n) is 2.98. The predicted octanol–water partition coefficient (Wildman–Crippen LogP) is 2.83. The van der Waals surface area contributed by atoms with E-state index in [1.807, 2.05) is 0 Å². The zero-order valence-electron chi connectivity index (χ0n) is 16.6. The molecule has 0 atom stereocenters. The molecule has 154 valence electrons. The number of anilines is 3. The van der Waals surface area contributed by atoms with Crippen LogP contribution in [-0.2, 0) is 19.6 Å². The zero-order chi connectivity index (χ0) is 21.4. The highest BCUT2D eigenvalue weighted by Crippen LogP contribution is 2.37. The maximum absolute atomic E-state index is 12.7.